The Balaban J connectivity index is 1.70. The topological polar surface area (TPSA) is 127 Å². The van der Waals surface area contributed by atoms with Crippen molar-refractivity contribution in [3.63, 3.8) is 0 Å². The fraction of sp³-hybridized carbons (Fsp3) is 0.300. The summed E-state index contributed by atoms with van der Waals surface area (Å²) in [6.07, 6.45) is 1.33. The van der Waals surface area contributed by atoms with Gasteiger partial charge in [0, 0.05) is 5.69 Å². The van der Waals surface area contributed by atoms with Crippen molar-refractivity contribution in [3.8, 4) is 0 Å². The van der Waals surface area contributed by atoms with E-state index in [1.54, 1.807) is 12.1 Å². The first-order valence-corrected chi connectivity index (χ1v) is 8.91. The number of rotatable bonds is 8. The predicted molar refractivity (Wildman–Crippen MR) is 104 cm³/mol. The maximum Gasteiger partial charge on any atom is 0.328 e. The molecule has 0 fully saturated rings. The lowest BCUT2D eigenvalue weighted by molar-refractivity contribution is -0.150. The predicted octanol–water partition coefficient (Wildman–Crippen LogP) is 1.31. The number of anilines is 1. The minimum Gasteiger partial charge on any atom is -0.459 e. The van der Waals surface area contributed by atoms with Gasteiger partial charge in [-0.25, -0.2) is 4.79 Å². The number of esters is 1. The first-order chi connectivity index (χ1) is 13.8. The zero-order chi connectivity index (χ0) is 21.4. The monoisotopic (exact) mass is 401 g/mol. The van der Waals surface area contributed by atoms with Crippen molar-refractivity contribution in [2.24, 2.45) is 0 Å². The van der Waals surface area contributed by atoms with Crippen LogP contribution >= 0.6 is 0 Å². The van der Waals surface area contributed by atoms with Crippen LogP contribution in [0.1, 0.15) is 28.6 Å². The standard InChI is InChI=1S/C20H23N3O6/c1-12-6-4-7-15(13(12)2)23-17(24)10-21-18(25)11-29-20(27)14(3)22-19(26)16-8-5-9-28-16/h4-9,14H,10-11H2,1-3H3,(H,21,25)(H,22,26)(H,23,24)/t14-/m0/s1. The third-order valence-electron chi connectivity index (χ3n) is 4.12. The van der Waals surface area contributed by atoms with Crippen LogP contribution in [0.2, 0.25) is 0 Å². The second-order valence-corrected chi connectivity index (χ2v) is 6.35. The molecule has 0 aliphatic carbocycles. The SMILES string of the molecule is Cc1cccc(NC(=O)CNC(=O)COC(=O)[C@H](C)NC(=O)c2ccco2)c1C. The normalized spacial score (nSPS) is 11.3. The average Bonchev–Trinajstić information content (AvgIpc) is 3.23. The Kier molecular flexibility index (Phi) is 7.53. The van der Waals surface area contributed by atoms with Crippen LogP contribution in [0.25, 0.3) is 0 Å². The fourth-order valence-electron chi connectivity index (χ4n) is 2.31. The van der Waals surface area contributed by atoms with E-state index < -0.39 is 36.3 Å². The Morgan fingerprint density at radius 2 is 1.83 bits per heavy atom. The van der Waals surface area contributed by atoms with E-state index in [1.807, 2.05) is 26.0 Å². The first-order valence-electron chi connectivity index (χ1n) is 8.91. The minimum absolute atomic E-state index is 0.0530. The Labute approximate surface area is 167 Å². The summed E-state index contributed by atoms with van der Waals surface area (Å²) >= 11 is 0. The molecule has 9 nitrogen and oxygen atoms in total. The van der Waals surface area contributed by atoms with Crippen LogP contribution in [0.5, 0.6) is 0 Å². The molecule has 2 aromatic rings. The summed E-state index contributed by atoms with van der Waals surface area (Å²) in [5.41, 5.74) is 2.63. The van der Waals surface area contributed by atoms with E-state index in [0.29, 0.717) is 5.69 Å². The maximum absolute atomic E-state index is 12.0. The number of furan rings is 1. The summed E-state index contributed by atoms with van der Waals surface area (Å²) in [4.78, 5) is 47.4. The minimum atomic E-state index is -0.979. The highest BCUT2D eigenvalue weighted by atomic mass is 16.5. The molecule has 1 aromatic heterocycles. The first kappa shape index (κ1) is 21.7. The summed E-state index contributed by atoms with van der Waals surface area (Å²) in [5, 5.41) is 7.46. The van der Waals surface area contributed by atoms with Crippen molar-refractivity contribution < 1.29 is 28.3 Å². The van der Waals surface area contributed by atoms with Gasteiger partial charge < -0.3 is 25.1 Å². The lowest BCUT2D eigenvalue weighted by Gasteiger charge is -2.13. The van der Waals surface area contributed by atoms with Gasteiger partial charge in [-0.2, -0.15) is 0 Å². The molecule has 0 saturated heterocycles. The van der Waals surface area contributed by atoms with Crippen LogP contribution in [0.4, 0.5) is 5.69 Å². The molecule has 29 heavy (non-hydrogen) atoms. The molecule has 154 valence electrons. The second-order valence-electron chi connectivity index (χ2n) is 6.35. The number of nitrogens with one attached hydrogen (secondary N) is 3. The number of hydrogen-bond donors (Lipinski definition) is 3. The Hall–Kier alpha value is -3.62. The van der Waals surface area contributed by atoms with Crippen LogP contribution in [-0.2, 0) is 19.1 Å². The van der Waals surface area contributed by atoms with Crippen molar-refractivity contribution in [1.29, 1.82) is 0 Å². The molecule has 0 unspecified atom stereocenters. The molecule has 2 rings (SSSR count). The van der Waals surface area contributed by atoms with E-state index in [-0.39, 0.29) is 12.3 Å². The van der Waals surface area contributed by atoms with Gasteiger partial charge >= 0.3 is 5.97 Å². The fourth-order valence-corrected chi connectivity index (χ4v) is 2.31. The van der Waals surface area contributed by atoms with Gasteiger partial charge in [0.15, 0.2) is 12.4 Å². The quantitative estimate of drug-likeness (QED) is 0.573. The molecule has 1 atom stereocenters. The van der Waals surface area contributed by atoms with E-state index in [0.717, 1.165) is 11.1 Å². The number of carbonyl (C=O) groups is 4. The molecule has 0 aliphatic rings. The molecule has 0 radical (unpaired) electrons. The van der Waals surface area contributed by atoms with Crippen LogP contribution < -0.4 is 16.0 Å². The molecule has 3 N–H and O–H groups in total. The van der Waals surface area contributed by atoms with Crippen LogP contribution in [0.3, 0.4) is 0 Å². The van der Waals surface area contributed by atoms with Gasteiger partial charge in [-0.1, -0.05) is 12.1 Å². The molecule has 3 amide bonds. The van der Waals surface area contributed by atoms with Crippen LogP contribution in [-0.4, -0.2) is 42.9 Å². The molecular weight excluding hydrogens is 378 g/mol. The summed E-state index contributed by atoms with van der Waals surface area (Å²) in [6.45, 7) is 4.39. The lowest BCUT2D eigenvalue weighted by Crippen LogP contribution is -2.41. The Morgan fingerprint density at radius 1 is 1.07 bits per heavy atom. The molecule has 0 spiro atoms. The molecule has 1 heterocycles. The van der Waals surface area contributed by atoms with Gasteiger partial charge in [0.1, 0.15) is 6.04 Å². The van der Waals surface area contributed by atoms with Crippen molar-refractivity contribution in [2.45, 2.75) is 26.8 Å². The number of carbonyl (C=O) groups excluding carboxylic acids is 4. The van der Waals surface area contributed by atoms with Gasteiger partial charge in [-0.3, -0.25) is 14.4 Å². The van der Waals surface area contributed by atoms with Gasteiger partial charge in [-0.15, -0.1) is 0 Å². The maximum atomic E-state index is 12.0. The van der Waals surface area contributed by atoms with Crippen molar-refractivity contribution in [2.75, 3.05) is 18.5 Å². The highest BCUT2D eigenvalue weighted by molar-refractivity contribution is 5.96. The van der Waals surface area contributed by atoms with Crippen molar-refractivity contribution in [1.82, 2.24) is 10.6 Å². The summed E-state index contributed by atoms with van der Waals surface area (Å²) in [5.74, 6) is -2.36. The number of amides is 3. The van der Waals surface area contributed by atoms with E-state index in [4.69, 9.17) is 9.15 Å². The highest BCUT2D eigenvalue weighted by Crippen LogP contribution is 2.17. The van der Waals surface area contributed by atoms with Gasteiger partial charge in [0.05, 0.1) is 12.8 Å². The van der Waals surface area contributed by atoms with Crippen molar-refractivity contribution in [3.05, 3.63) is 53.5 Å². The number of aryl methyl sites for hydroxylation is 1. The molecule has 0 aliphatic heterocycles. The smallest absolute Gasteiger partial charge is 0.328 e. The zero-order valence-electron chi connectivity index (χ0n) is 16.4. The van der Waals surface area contributed by atoms with Crippen LogP contribution in [0.15, 0.2) is 41.0 Å². The Bertz CT molecular complexity index is 892. The van der Waals surface area contributed by atoms with Gasteiger partial charge in [-0.05, 0) is 50.1 Å². The third kappa shape index (κ3) is 6.49. The van der Waals surface area contributed by atoms with E-state index in [2.05, 4.69) is 16.0 Å². The third-order valence-corrected chi connectivity index (χ3v) is 4.12. The molecular formula is C20H23N3O6. The zero-order valence-corrected chi connectivity index (χ0v) is 16.4. The summed E-state index contributed by atoms with van der Waals surface area (Å²) in [6, 6.07) is 7.53. The molecule has 0 bridgehead atoms. The highest BCUT2D eigenvalue weighted by Gasteiger charge is 2.20. The van der Waals surface area contributed by atoms with Crippen LogP contribution in [0, 0.1) is 13.8 Å². The Morgan fingerprint density at radius 3 is 2.52 bits per heavy atom. The van der Waals surface area contributed by atoms with Gasteiger partial charge in [0.25, 0.3) is 11.8 Å². The van der Waals surface area contributed by atoms with Crippen molar-refractivity contribution >= 4 is 29.4 Å². The number of benzene rings is 1. The summed E-state index contributed by atoms with van der Waals surface area (Å²) < 4.78 is 9.76. The lowest BCUT2D eigenvalue weighted by atomic mass is 10.1. The summed E-state index contributed by atoms with van der Waals surface area (Å²) in [7, 11) is 0. The average molecular weight is 401 g/mol. The number of ether oxygens (including phenoxy) is 1. The van der Waals surface area contributed by atoms with E-state index in [1.165, 1.54) is 19.3 Å². The van der Waals surface area contributed by atoms with E-state index in [9.17, 15) is 19.2 Å². The van der Waals surface area contributed by atoms with E-state index >= 15 is 0 Å². The molecule has 1 aromatic carbocycles. The second kappa shape index (κ2) is 10.1. The van der Waals surface area contributed by atoms with Gasteiger partial charge in [0.2, 0.25) is 5.91 Å². The number of hydrogen-bond acceptors (Lipinski definition) is 6. The molecule has 0 saturated carbocycles. The molecule has 9 heteroatoms. The largest absolute Gasteiger partial charge is 0.459 e.